The first-order valence-electron chi connectivity index (χ1n) is 7.70. The number of hydrogen-bond donors (Lipinski definition) is 2. The van der Waals surface area contributed by atoms with Crippen LogP contribution in [0.25, 0.3) is 11.0 Å². The molecule has 136 valence electrons. The number of H-pyrrole nitrogens is 1. The highest BCUT2D eigenvalue weighted by atomic mass is 19.4. The summed E-state index contributed by atoms with van der Waals surface area (Å²) >= 11 is 0. The number of carbonyl (C=O) groups is 1. The van der Waals surface area contributed by atoms with Crippen molar-refractivity contribution in [2.24, 2.45) is 0 Å². The molecular formula is C15H16F3N3O4. The molecule has 0 spiro atoms. The van der Waals surface area contributed by atoms with E-state index in [2.05, 4.69) is 10.5 Å². The van der Waals surface area contributed by atoms with Crippen LogP contribution in [0, 0.1) is 0 Å². The second-order valence-electron chi connectivity index (χ2n) is 5.71. The van der Waals surface area contributed by atoms with E-state index in [0.717, 1.165) is 12.8 Å². The van der Waals surface area contributed by atoms with Crippen molar-refractivity contribution in [2.45, 2.75) is 38.3 Å². The molecular weight excluding hydrogens is 343 g/mol. The Morgan fingerprint density at radius 2 is 2.20 bits per heavy atom. The van der Waals surface area contributed by atoms with E-state index in [9.17, 15) is 22.8 Å². The summed E-state index contributed by atoms with van der Waals surface area (Å²) in [6, 6.07) is 3.90. The molecule has 2 heterocycles. The number of rotatable bonds is 4. The zero-order chi connectivity index (χ0) is 18.0. The highest BCUT2D eigenvalue weighted by Crippen LogP contribution is 2.20. The van der Waals surface area contributed by atoms with Crippen molar-refractivity contribution in [1.29, 1.82) is 0 Å². The Balaban J connectivity index is 1.74. The molecule has 0 unspecified atom stereocenters. The van der Waals surface area contributed by atoms with E-state index in [-0.39, 0.29) is 16.6 Å². The number of nitrogens with zero attached hydrogens (tertiary/aromatic N) is 1. The fraction of sp³-hybridized carbons (Fsp3) is 0.467. The van der Waals surface area contributed by atoms with Crippen molar-refractivity contribution in [3.05, 3.63) is 34.2 Å². The van der Waals surface area contributed by atoms with E-state index in [0.29, 0.717) is 17.6 Å². The number of alkyl halides is 3. The van der Waals surface area contributed by atoms with Crippen molar-refractivity contribution in [3.63, 3.8) is 0 Å². The third-order valence-electron chi connectivity index (χ3n) is 3.79. The first-order valence-corrected chi connectivity index (χ1v) is 7.70. The molecule has 7 nitrogen and oxygen atoms in total. The number of hydroxylamine groups is 1. The molecule has 0 saturated carbocycles. The van der Waals surface area contributed by atoms with Gasteiger partial charge in [0.05, 0.1) is 11.0 Å². The number of aromatic amines is 1. The van der Waals surface area contributed by atoms with Gasteiger partial charge in [-0.15, -0.1) is 0 Å². The molecule has 2 N–H and O–H groups in total. The molecule has 0 aliphatic carbocycles. The molecule has 2 aromatic rings. The standard InChI is InChI=1S/C15H16F3N3O4/c16-15(17,18)8-21-11-5-4-9(7-10(11)19-14(21)23)13(22)20-25-12-3-1-2-6-24-12/h4-5,7,12H,1-3,6,8H2,(H,19,23)(H,20,22)/t12-/m1/s1. The highest BCUT2D eigenvalue weighted by Gasteiger charge is 2.30. The number of halogens is 3. The van der Waals surface area contributed by atoms with Crippen LogP contribution >= 0.6 is 0 Å². The van der Waals surface area contributed by atoms with Crippen LogP contribution in [0.2, 0.25) is 0 Å². The lowest BCUT2D eigenvalue weighted by atomic mass is 10.2. The summed E-state index contributed by atoms with van der Waals surface area (Å²) in [6.07, 6.45) is -2.52. The molecule has 0 radical (unpaired) electrons. The van der Waals surface area contributed by atoms with Gasteiger partial charge < -0.3 is 9.72 Å². The van der Waals surface area contributed by atoms with E-state index in [1.807, 2.05) is 0 Å². The molecule has 1 aromatic carbocycles. The zero-order valence-corrected chi connectivity index (χ0v) is 13.1. The molecule has 1 atom stereocenters. The molecule has 1 amide bonds. The lowest BCUT2D eigenvalue weighted by molar-refractivity contribution is -0.186. The fourth-order valence-electron chi connectivity index (χ4n) is 2.62. The number of imidazole rings is 1. The van der Waals surface area contributed by atoms with Gasteiger partial charge in [0.1, 0.15) is 6.54 Å². The minimum Gasteiger partial charge on any atom is -0.350 e. The van der Waals surface area contributed by atoms with Gasteiger partial charge in [0.15, 0.2) is 6.29 Å². The second kappa shape index (κ2) is 6.89. The van der Waals surface area contributed by atoms with E-state index >= 15 is 0 Å². The zero-order valence-electron chi connectivity index (χ0n) is 13.1. The second-order valence-corrected chi connectivity index (χ2v) is 5.71. The lowest BCUT2D eigenvalue weighted by Gasteiger charge is -2.22. The quantitative estimate of drug-likeness (QED) is 0.819. The summed E-state index contributed by atoms with van der Waals surface area (Å²) in [5.74, 6) is -0.583. The van der Waals surface area contributed by atoms with E-state index in [4.69, 9.17) is 9.57 Å². The van der Waals surface area contributed by atoms with Crippen molar-refractivity contribution in [1.82, 2.24) is 15.0 Å². The Bertz CT molecular complexity index is 822. The average Bonchev–Trinajstić information content (AvgIpc) is 2.87. The fourth-order valence-corrected chi connectivity index (χ4v) is 2.62. The minimum atomic E-state index is -4.52. The predicted molar refractivity (Wildman–Crippen MR) is 80.8 cm³/mol. The van der Waals surface area contributed by atoms with Crippen LogP contribution in [-0.4, -0.2) is 34.5 Å². The molecule has 1 saturated heterocycles. The van der Waals surface area contributed by atoms with Crippen LogP contribution in [0.3, 0.4) is 0 Å². The monoisotopic (exact) mass is 359 g/mol. The van der Waals surface area contributed by atoms with Crippen molar-refractivity contribution >= 4 is 16.9 Å². The third-order valence-corrected chi connectivity index (χ3v) is 3.79. The molecule has 3 rings (SSSR count). The normalized spacial score (nSPS) is 18.4. The number of aromatic nitrogens is 2. The van der Waals surface area contributed by atoms with Crippen molar-refractivity contribution < 1.29 is 27.5 Å². The Labute approximate surface area is 139 Å². The van der Waals surface area contributed by atoms with Crippen molar-refractivity contribution in [2.75, 3.05) is 6.61 Å². The number of benzene rings is 1. The molecule has 10 heteroatoms. The smallest absolute Gasteiger partial charge is 0.350 e. The first-order chi connectivity index (χ1) is 11.8. The van der Waals surface area contributed by atoms with Gasteiger partial charge in [-0.25, -0.2) is 15.1 Å². The van der Waals surface area contributed by atoms with Crippen LogP contribution in [0.1, 0.15) is 29.6 Å². The van der Waals surface area contributed by atoms with Crippen molar-refractivity contribution in [3.8, 4) is 0 Å². The summed E-state index contributed by atoms with van der Waals surface area (Å²) in [6.45, 7) is -0.847. The van der Waals surface area contributed by atoms with Crippen LogP contribution < -0.4 is 11.2 Å². The van der Waals surface area contributed by atoms with Gasteiger partial charge in [0.2, 0.25) is 0 Å². The number of hydrogen-bond acceptors (Lipinski definition) is 4. The summed E-state index contributed by atoms with van der Waals surface area (Å²) in [4.78, 5) is 31.2. The number of nitrogens with one attached hydrogen (secondary N) is 2. The summed E-state index contributed by atoms with van der Waals surface area (Å²) in [5, 5.41) is 0. The van der Waals surface area contributed by atoms with Gasteiger partial charge in [-0.05, 0) is 31.0 Å². The maximum Gasteiger partial charge on any atom is 0.406 e. The SMILES string of the molecule is O=C(NO[C@@H]1CCCCO1)c1ccc2c(c1)[nH]c(=O)n2CC(F)(F)F. The van der Waals surface area contributed by atoms with E-state index in [1.54, 1.807) is 0 Å². The minimum absolute atomic E-state index is 0.0652. The van der Waals surface area contributed by atoms with Crippen LogP contribution in [0.15, 0.2) is 23.0 Å². The Hall–Kier alpha value is -2.33. The van der Waals surface area contributed by atoms with Crippen LogP contribution in [0.4, 0.5) is 13.2 Å². The largest absolute Gasteiger partial charge is 0.406 e. The van der Waals surface area contributed by atoms with Gasteiger partial charge in [-0.3, -0.25) is 9.36 Å². The maximum atomic E-state index is 12.5. The highest BCUT2D eigenvalue weighted by molar-refractivity contribution is 5.96. The average molecular weight is 359 g/mol. The van der Waals surface area contributed by atoms with Crippen LogP contribution in [0.5, 0.6) is 0 Å². The molecule has 1 aliphatic rings. The molecule has 1 aromatic heterocycles. The van der Waals surface area contributed by atoms with E-state index in [1.165, 1.54) is 18.2 Å². The summed E-state index contributed by atoms with van der Waals surface area (Å²) in [7, 11) is 0. The number of fused-ring (bicyclic) bond motifs is 1. The van der Waals surface area contributed by atoms with Gasteiger partial charge >= 0.3 is 11.9 Å². The summed E-state index contributed by atoms with van der Waals surface area (Å²) in [5.41, 5.74) is 1.70. The van der Waals surface area contributed by atoms with E-state index < -0.39 is 30.6 Å². The molecule has 0 bridgehead atoms. The predicted octanol–water partition coefficient (Wildman–Crippen LogP) is 2.08. The molecule has 1 fully saturated rings. The Kier molecular flexibility index (Phi) is 4.82. The first kappa shape index (κ1) is 17.5. The molecule has 1 aliphatic heterocycles. The van der Waals surface area contributed by atoms with Gasteiger partial charge in [-0.1, -0.05) is 0 Å². The summed E-state index contributed by atoms with van der Waals surface area (Å²) < 4.78 is 43.5. The third kappa shape index (κ3) is 4.20. The van der Waals surface area contributed by atoms with Gasteiger partial charge in [0, 0.05) is 18.6 Å². The number of ether oxygens (including phenoxy) is 1. The number of carbonyl (C=O) groups excluding carboxylic acids is 1. The van der Waals surface area contributed by atoms with Gasteiger partial charge in [-0.2, -0.15) is 13.2 Å². The number of amides is 1. The van der Waals surface area contributed by atoms with Gasteiger partial charge in [0.25, 0.3) is 5.91 Å². The molecule has 25 heavy (non-hydrogen) atoms. The topological polar surface area (TPSA) is 85.3 Å². The van der Waals surface area contributed by atoms with Crippen LogP contribution in [-0.2, 0) is 16.1 Å². The lowest BCUT2D eigenvalue weighted by Crippen LogP contribution is -2.33. The Morgan fingerprint density at radius 1 is 1.40 bits per heavy atom. The maximum absolute atomic E-state index is 12.5. The Morgan fingerprint density at radius 3 is 2.88 bits per heavy atom.